The summed E-state index contributed by atoms with van der Waals surface area (Å²) in [6.07, 6.45) is -8.45. The number of nitrogens with zero attached hydrogens (tertiary/aromatic N) is 1. The van der Waals surface area contributed by atoms with Gasteiger partial charge in [0, 0.05) is 33.2 Å². The van der Waals surface area contributed by atoms with Crippen LogP contribution in [0.15, 0.2) is 11.1 Å². The Bertz CT molecular complexity index is 607. The van der Waals surface area contributed by atoms with E-state index in [2.05, 4.69) is 25.7 Å². The molecule has 12 heteroatoms. The van der Waals surface area contributed by atoms with Gasteiger partial charge in [-0.1, -0.05) is 15.9 Å². The first-order valence-corrected chi connectivity index (χ1v) is 7.97. The predicted octanol–water partition coefficient (Wildman–Crippen LogP) is 3.74. The number of ether oxygens (including phenoxy) is 1. The van der Waals surface area contributed by atoms with Gasteiger partial charge in [0.2, 0.25) is 5.88 Å². The van der Waals surface area contributed by atoms with Gasteiger partial charge in [0.05, 0.1) is 0 Å². The number of halogens is 7. The van der Waals surface area contributed by atoms with Crippen molar-refractivity contribution in [2.24, 2.45) is 0 Å². The largest absolute Gasteiger partial charge is 0.574 e. The molecular formula is C8H4BrClF5NO3S. The van der Waals surface area contributed by atoms with Gasteiger partial charge in [0.1, 0.15) is 0 Å². The number of pyridine rings is 1. The molecule has 1 aromatic rings. The van der Waals surface area contributed by atoms with E-state index in [0.717, 1.165) is 0 Å². The quantitative estimate of drug-likeness (QED) is 0.436. The van der Waals surface area contributed by atoms with Gasteiger partial charge in [0.25, 0.3) is 15.5 Å². The minimum atomic E-state index is -5.21. The van der Waals surface area contributed by atoms with Crippen LogP contribution in [0.2, 0.25) is 0 Å². The molecule has 0 saturated carbocycles. The molecule has 0 unspecified atom stereocenters. The highest BCUT2D eigenvalue weighted by atomic mass is 79.9. The summed E-state index contributed by atoms with van der Waals surface area (Å²) in [5.41, 5.74) is -1.51. The van der Waals surface area contributed by atoms with E-state index < -0.39 is 49.2 Å². The first-order valence-electron chi connectivity index (χ1n) is 4.54. The molecule has 0 saturated heterocycles. The van der Waals surface area contributed by atoms with Crippen molar-refractivity contribution in [3.05, 3.63) is 17.2 Å². The molecule has 0 aliphatic heterocycles. The maximum atomic E-state index is 12.8. The number of rotatable bonds is 4. The summed E-state index contributed by atoms with van der Waals surface area (Å²) < 4.78 is 87.4. The van der Waals surface area contributed by atoms with Crippen LogP contribution in [-0.4, -0.2) is 19.8 Å². The van der Waals surface area contributed by atoms with E-state index in [1.54, 1.807) is 0 Å². The number of hydrogen-bond donors (Lipinski definition) is 0. The lowest BCUT2D eigenvalue weighted by molar-refractivity contribution is -0.276. The van der Waals surface area contributed by atoms with Crippen molar-refractivity contribution in [3.63, 3.8) is 0 Å². The zero-order valence-corrected chi connectivity index (χ0v) is 12.2. The van der Waals surface area contributed by atoms with Crippen molar-refractivity contribution < 1.29 is 35.1 Å². The minimum absolute atomic E-state index is 0.306. The van der Waals surface area contributed by atoms with Crippen LogP contribution >= 0.6 is 26.6 Å². The van der Waals surface area contributed by atoms with Gasteiger partial charge in [-0.15, -0.1) is 13.2 Å². The van der Waals surface area contributed by atoms with Crippen LogP contribution in [0.3, 0.4) is 0 Å². The van der Waals surface area contributed by atoms with Gasteiger partial charge in [-0.2, -0.15) is 4.98 Å². The van der Waals surface area contributed by atoms with E-state index >= 15 is 0 Å². The van der Waals surface area contributed by atoms with Crippen LogP contribution in [0.25, 0.3) is 0 Å². The van der Waals surface area contributed by atoms with Crippen molar-refractivity contribution in [3.8, 4) is 5.88 Å². The van der Waals surface area contributed by atoms with E-state index in [0.29, 0.717) is 6.07 Å². The average Bonchev–Trinajstić information content (AvgIpc) is 2.24. The van der Waals surface area contributed by atoms with E-state index in [4.69, 9.17) is 10.7 Å². The van der Waals surface area contributed by atoms with Gasteiger partial charge in [-0.3, -0.25) is 0 Å². The molecule has 0 aliphatic carbocycles. The second-order valence-electron chi connectivity index (χ2n) is 3.25. The van der Waals surface area contributed by atoms with E-state index in [9.17, 15) is 30.4 Å². The molecule has 0 aliphatic rings. The highest BCUT2D eigenvalue weighted by Crippen LogP contribution is 2.34. The maximum Gasteiger partial charge on any atom is 0.574 e. The van der Waals surface area contributed by atoms with Crippen molar-refractivity contribution in [1.82, 2.24) is 4.98 Å². The van der Waals surface area contributed by atoms with Crippen LogP contribution in [0.1, 0.15) is 17.6 Å². The molecule has 1 heterocycles. The minimum Gasteiger partial charge on any atom is -0.388 e. The Morgan fingerprint density at radius 3 is 2.30 bits per heavy atom. The highest BCUT2D eigenvalue weighted by Gasteiger charge is 2.34. The summed E-state index contributed by atoms with van der Waals surface area (Å²) in [4.78, 5) is 3.02. The average molecular weight is 405 g/mol. The summed E-state index contributed by atoms with van der Waals surface area (Å²) >= 11 is 2.75. The molecule has 0 aromatic carbocycles. The Labute approximate surface area is 122 Å². The lowest BCUT2D eigenvalue weighted by Gasteiger charge is -2.14. The van der Waals surface area contributed by atoms with Gasteiger partial charge in [-0.25, -0.2) is 17.2 Å². The number of hydrogen-bond acceptors (Lipinski definition) is 4. The molecule has 0 amide bonds. The van der Waals surface area contributed by atoms with Crippen LogP contribution < -0.4 is 4.74 Å². The summed E-state index contributed by atoms with van der Waals surface area (Å²) in [5, 5.41) is -1.51. The number of alkyl halides is 6. The summed E-state index contributed by atoms with van der Waals surface area (Å²) in [6, 6.07) is 0.306. The van der Waals surface area contributed by atoms with Crippen molar-refractivity contribution in [2.45, 2.75) is 23.1 Å². The molecule has 0 radical (unpaired) electrons. The molecule has 114 valence electrons. The van der Waals surface area contributed by atoms with Crippen LogP contribution in [-0.2, 0) is 14.4 Å². The molecule has 0 atom stereocenters. The molecule has 1 rings (SSSR count). The van der Waals surface area contributed by atoms with Crippen LogP contribution in [0.4, 0.5) is 22.0 Å². The maximum absolute atomic E-state index is 12.8. The lowest BCUT2D eigenvalue weighted by Crippen LogP contribution is -2.19. The van der Waals surface area contributed by atoms with E-state index in [1.807, 2.05) is 0 Å². The lowest BCUT2D eigenvalue weighted by atomic mass is 10.1. The first-order chi connectivity index (χ1) is 8.95. The van der Waals surface area contributed by atoms with Crippen molar-refractivity contribution >= 4 is 35.7 Å². The van der Waals surface area contributed by atoms with Crippen LogP contribution in [0, 0.1) is 0 Å². The third kappa shape index (κ3) is 4.42. The predicted molar refractivity (Wildman–Crippen MR) is 61.5 cm³/mol. The molecule has 0 N–H and O–H groups in total. The fourth-order valence-electron chi connectivity index (χ4n) is 1.24. The standard InChI is InChI=1S/C8H4BrClF5NO3S/c9-2-4-3(6(11)12)1-5(19-8(13,14)15)16-7(4)20(10,17)18/h1,6H,2H2. The zero-order chi connectivity index (χ0) is 15.7. The van der Waals surface area contributed by atoms with E-state index in [1.165, 1.54) is 0 Å². The summed E-state index contributed by atoms with van der Waals surface area (Å²) in [6.45, 7) is 0. The SMILES string of the molecule is O=S(=O)(Cl)c1nc(OC(F)(F)F)cc(C(F)F)c1CBr. The van der Waals surface area contributed by atoms with E-state index in [-0.39, 0.29) is 0 Å². The Balaban J connectivity index is 3.57. The van der Waals surface area contributed by atoms with Crippen molar-refractivity contribution in [1.29, 1.82) is 0 Å². The Morgan fingerprint density at radius 2 is 1.95 bits per heavy atom. The third-order valence-corrected chi connectivity index (χ3v) is 3.72. The van der Waals surface area contributed by atoms with Gasteiger partial charge < -0.3 is 4.74 Å². The molecular weight excluding hydrogens is 401 g/mol. The topological polar surface area (TPSA) is 56.3 Å². The van der Waals surface area contributed by atoms with Gasteiger partial charge in [0.15, 0.2) is 5.03 Å². The normalized spacial score (nSPS) is 12.8. The monoisotopic (exact) mass is 403 g/mol. The molecule has 20 heavy (non-hydrogen) atoms. The van der Waals surface area contributed by atoms with Crippen LogP contribution in [0.5, 0.6) is 5.88 Å². The van der Waals surface area contributed by atoms with Gasteiger partial charge >= 0.3 is 6.36 Å². The molecule has 4 nitrogen and oxygen atoms in total. The summed E-state index contributed by atoms with van der Waals surface area (Å²) in [5.74, 6) is -1.34. The fourth-order valence-corrected chi connectivity index (χ4v) is 3.09. The van der Waals surface area contributed by atoms with Gasteiger partial charge in [-0.05, 0) is 0 Å². The fraction of sp³-hybridized carbons (Fsp3) is 0.375. The zero-order valence-electron chi connectivity index (χ0n) is 9.09. The molecule has 1 aromatic heterocycles. The molecule has 0 fully saturated rings. The highest BCUT2D eigenvalue weighted by molar-refractivity contribution is 9.08. The third-order valence-electron chi connectivity index (χ3n) is 1.92. The Kier molecular flexibility index (Phi) is 5.19. The Hall–Kier alpha value is -0.680. The number of aromatic nitrogens is 1. The Morgan fingerprint density at radius 1 is 1.40 bits per heavy atom. The van der Waals surface area contributed by atoms with Crippen molar-refractivity contribution in [2.75, 3.05) is 0 Å². The second kappa shape index (κ2) is 5.98. The second-order valence-corrected chi connectivity index (χ2v) is 6.30. The summed E-state index contributed by atoms with van der Waals surface area (Å²) in [7, 11) is 0.340. The molecule has 0 spiro atoms. The first kappa shape index (κ1) is 17.4. The molecule has 0 bridgehead atoms. The smallest absolute Gasteiger partial charge is 0.388 e.